The molecule has 35 heavy (non-hydrogen) atoms. The van der Waals surface area contributed by atoms with Gasteiger partial charge in [-0.25, -0.2) is 4.39 Å². The van der Waals surface area contributed by atoms with Crippen LogP contribution in [0.5, 0.6) is 0 Å². The number of rotatable bonds is 14. The van der Waals surface area contributed by atoms with Crippen LogP contribution >= 0.6 is 0 Å². The number of allylic oxidation sites excluding steroid dienone is 3. The molecule has 3 rings (SSSR count). The standard InChI is InChI=1S/C28H45FO6/c1-3-4-17-27(2,29)24(35-26-13-9-10-19-32-26)15-14-22-16-18-28(33-20-21-34-28)23(22)11-7-5-6-8-12-25(30)31/h5-6,14-15,22-24,26H,3-4,7-13,16-21H2,1-2H3,(H,30,31)/b6-5-,15-14+. The lowest BCUT2D eigenvalue weighted by atomic mass is 9.86. The van der Waals surface area contributed by atoms with Crippen LogP contribution < -0.4 is 0 Å². The number of aliphatic carboxylic acids is 1. The van der Waals surface area contributed by atoms with Gasteiger partial charge in [0.05, 0.1) is 13.2 Å². The Morgan fingerprint density at radius 1 is 1.20 bits per heavy atom. The van der Waals surface area contributed by atoms with Gasteiger partial charge < -0.3 is 24.1 Å². The number of hydrogen-bond acceptors (Lipinski definition) is 5. The molecule has 5 unspecified atom stereocenters. The van der Waals surface area contributed by atoms with Gasteiger partial charge >= 0.3 is 5.97 Å². The van der Waals surface area contributed by atoms with Crippen molar-refractivity contribution < 1.29 is 33.2 Å². The van der Waals surface area contributed by atoms with Crippen molar-refractivity contribution in [2.75, 3.05) is 19.8 Å². The molecule has 1 saturated carbocycles. The number of alkyl halides is 1. The molecule has 200 valence electrons. The molecule has 0 aromatic carbocycles. The van der Waals surface area contributed by atoms with Crippen LogP contribution in [0.25, 0.3) is 0 Å². The van der Waals surface area contributed by atoms with Crippen LogP contribution in [0.4, 0.5) is 4.39 Å². The highest BCUT2D eigenvalue weighted by Crippen LogP contribution is 2.49. The van der Waals surface area contributed by atoms with E-state index in [2.05, 4.69) is 19.1 Å². The van der Waals surface area contributed by atoms with Crippen molar-refractivity contribution in [1.82, 2.24) is 0 Å². The van der Waals surface area contributed by atoms with Crippen LogP contribution in [0.2, 0.25) is 0 Å². The van der Waals surface area contributed by atoms with Crippen molar-refractivity contribution in [3.63, 3.8) is 0 Å². The van der Waals surface area contributed by atoms with E-state index in [1.54, 1.807) is 6.92 Å². The van der Waals surface area contributed by atoms with E-state index < -0.39 is 23.5 Å². The zero-order valence-electron chi connectivity index (χ0n) is 21.6. The van der Waals surface area contributed by atoms with Crippen LogP contribution in [-0.2, 0) is 23.7 Å². The fraction of sp³-hybridized carbons (Fsp3) is 0.821. The lowest BCUT2D eigenvalue weighted by Gasteiger charge is -2.34. The summed E-state index contributed by atoms with van der Waals surface area (Å²) in [5.41, 5.74) is -1.47. The zero-order valence-corrected chi connectivity index (χ0v) is 21.6. The molecular formula is C28H45FO6. The molecule has 7 heteroatoms. The minimum atomic E-state index is -1.47. The highest BCUT2D eigenvalue weighted by molar-refractivity contribution is 5.66. The Morgan fingerprint density at radius 3 is 2.66 bits per heavy atom. The van der Waals surface area contributed by atoms with Crippen molar-refractivity contribution in [3.8, 4) is 0 Å². The predicted octanol–water partition coefficient (Wildman–Crippen LogP) is 6.34. The molecule has 3 aliphatic rings. The molecule has 6 nitrogen and oxygen atoms in total. The molecule has 2 aliphatic heterocycles. The van der Waals surface area contributed by atoms with Gasteiger partial charge in [-0.15, -0.1) is 0 Å². The number of carbonyl (C=O) groups is 1. The van der Waals surface area contributed by atoms with E-state index in [0.29, 0.717) is 32.7 Å². The third kappa shape index (κ3) is 8.38. The molecule has 0 amide bonds. The Hall–Kier alpha value is -1.28. The van der Waals surface area contributed by atoms with Crippen molar-refractivity contribution in [2.45, 2.75) is 115 Å². The normalized spacial score (nSPS) is 29.3. The first kappa shape index (κ1) is 28.3. The van der Waals surface area contributed by atoms with E-state index in [9.17, 15) is 4.79 Å². The summed E-state index contributed by atoms with van der Waals surface area (Å²) >= 11 is 0. The molecule has 5 atom stereocenters. The largest absolute Gasteiger partial charge is 0.481 e. The summed E-state index contributed by atoms with van der Waals surface area (Å²) in [6, 6.07) is 0. The molecule has 0 aromatic heterocycles. The van der Waals surface area contributed by atoms with Gasteiger partial charge in [-0.05, 0) is 64.2 Å². The fourth-order valence-corrected chi connectivity index (χ4v) is 5.57. The average molecular weight is 497 g/mol. The van der Waals surface area contributed by atoms with E-state index >= 15 is 4.39 Å². The van der Waals surface area contributed by atoms with Crippen LogP contribution in [0.15, 0.2) is 24.3 Å². The molecular weight excluding hydrogens is 451 g/mol. The Morgan fingerprint density at radius 2 is 1.97 bits per heavy atom. The summed E-state index contributed by atoms with van der Waals surface area (Å²) in [7, 11) is 0. The van der Waals surface area contributed by atoms with E-state index in [0.717, 1.165) is 57.8 Å². The van der Waals surface area contributed by atoms with Crippen LogP contribution in [0.3, 0.4) is 0 Å². The van der Waals surface area contributed by atoms with Gasteiger partial charge in [-0.3, -0.25) is 4.79 Å². The molecule has 1 spiro atoms. The minimum absolute atomic E-state index is 0.146. The Kier molecular flexibility index (Phi) is 11.2. The van der Waals surface area contributed by atoms with Crippen molar-refractivity contribution >= 4 is 5.97 Å². The summed E-state index contributed by atoms with van der Waals surface area (Å²) in [6.07, 6.45) is 16.3. The Labute approximate surface area is 210 Å². The number of halogens is 1. The van der Waals surface area contributed by atoms with Crippen LogP contribution in [-0.4, -0.2) is 54.7 Å². The van der Waals surface area contributed by atoms with E-state index in [1.165, 1.54) is 0 Å². The van der Waals surface area contributed by atoms with E-state index in [1.807, 2.05) is 12.2 Å². The number of carboxylic acids is 1. The SMILES string of the molecule is CCCCC(C)(F)C(/C=C/C1CCC2(OCCO2)C1CC/C=C\CCC(=O)O)OC1CCCCO1. The second kappa shape index (κ2) is 13.9. The van der Waals surface area contributed by atoms with Gasteiger partial charge in [0.15, 0.2) is 12.1 Å². The molecule has 0 radical (unpaired) electrons. The average Bonchev–Trinajstić information content (AvgIpc) is 3.45. The van der Waals surface area contributed by atoms with Gasteiger partial charge in [-0.2, -0.15) is 0 Å². The summed E-state index contributed by atoms with van der Waals surface area (Å²) in [5, 5.41) is 8.81. The maximum atomic E-state index is 15.8. The van der Waals surface area contributed by atoms with Crippen LogP contribution in [0, 0.1) is 11.8 Å². The molecule has 2 saturated heterocycles. The van der Waals surface area contributed by atoms with Crippen LogP contribution in [0.1, 0.15) is 90.9 Å². The van der Waals surface area contributed by atoms with Crippen molar-refractivity contribution in [2.24, 2.45) is 11.8 Å². The molecule has 0 bridgehead atoms. The van der Waals surface area contributed by atoms with Gasteiger partial charge in [0.25, 0.3) is 0 Å². The first-order chi connectivity index (χ1) is 16.9. The second-order valence-corrected chi connectivity index (χ2v) is 10.4. The first-order valence-electron chi connectivity index (χ1n) is 13.7. The maximum Gasteiger partial charge on any atom is 0.303 e. The third-order valence-electron chi connectivity index (χ3n) is 7.60. The minimum Gasteiger partial charge on any atom is -0.481 e. The predicted molar refractivity (Wildman–Crippen MR) is 133 cm³/mol. The molecule has 0 aromatic rings. The molecule has 1 N–H and O–H groups in total. The topological polar surface area (TPSA) is 74.2 Å². The Bertz CT molecular complexity index is 694. The summed E-state index contributed by atoms with van der Waals surface area (Å²) in [6.45, 7) is 5.60. The Balaban J connectivity index is 1.68. The second-order valence-electron chi connectivity index (χ2n) is 10.4. The number of carboxylic acid groups (broad SMARTS) is 1. The highest BCUT2D eigenvalue weighted by Gasteiger charge is 2.51. The third-order valence-corrected chi connectivity index (χ3v) is 7.60. The van der Waals surface area contributed by atoms with Gasteiger partial charge in [0.1, 0.15) is 11.8 Å². The number of ether oxygens (including phenoxy) is 4. The lowest BCUT2D eigenvalue weighted by Crippen LogP contribution is -2.40. The summed E-state index contributed by atoms with van der Waals surface area (Å²) < 4.78 is 40.0. The summed E-state index contributed by atoms with van der Waals surface area (Å²) in [5.74, 6) is -0.968. The first-order valence-corrected chi connectivity index (χ1v) is 13.7. The van der Waals surface area contributed by atoms with Crippen molar-refractivity contribution in [1.29, 1.82) is 0 Å². The molecule has 2 heterocycles. The van der Waals surface area contributed by atoms with Crippen molar-refractivity contribution in [3.05, 3.63) is 24.3 Å². The van der Waals surface area contributed by atoms with Gasteiger partial charge in [-0.1, -0.05) is 44.1 Å². The fourth-order valence-electron chi connectivity index (χ4n) is 5.57. The molecule has 3 fully saturated rings. The quantitative estimate of drug-likeness (QED) is 0.283. The number of unbranched alkanes of at least 4 members (excludes halogenated alkanes) is 1. The maximum absolute atomic E-state index is 15.8. The molecule has 1 aliphatic carbocycles. The monoisotopic (exact) mass is 496 g/mol. The zero-order chi connectivity index (χ0) is 25.2. The number of hydrogen-bond donors (Lipinski definition) is 1. The van der Waals surface area contributed by atoms with E-state index in [4.69, 9.17) is 24.1 Å². The smallest absolute Gasteiger partial charge is 0.303 e. The van der Waals surface area contributed by atoms with Gasteiger partial charge in [0.2, 0.25) is 0 Å². The summed E-state index contributed by atoms with van der Waals surface area (Å²) in [4.78, 5) is 10.7. The van der Waals surface area contributed by atoms with Gasteiger partial charge in [0, 0.05) is 25.4 Å². The highest BCUT2D eigenvalue weighted by atomic mass is 19.1. The lowest BCUT2D eigenvalue weighted by molar-refractivity contribution is -0.202. The van der Waals surface area contributed by atoms with E-state index in [-0.39, 0.29) is 24.5 Å².